The van der Waals surface area contributed by atoms with E-state index in [0.717, 1.165) is 16.6 Å². The number of nitro benzene ring substituents is 1. The van der Waals surface area contributed by atoms with Crippen LogP contribution in [0.1, 0.15) is 22.8 Å². The van der Waals surface area contributed by atoms with Crippen LogP contribution in [0, 0.1) is 10.1 Å². The Morgan fingerprint density at radius 1 is 0.972 bits per heavy atom. The van der Waals surface area contributed by atoms with Gasteiger partial charge in [0.05, 0.1) is 22.6 Å². The Morgan fingerprint density at radius 3 is 2.25 bits per heavy atom. The predicted octanol–water partition coefficient (Wildman–Crippen LogP) is 3.15. The largest absolute Gasteiger partial charge is 0.322 e. The molecule has 186 valence electrons. The van der Waals surface area contributed by atoms with E-state index < -0.39 is 27.4 Å². The van der Waals surface area contributed by atoms with E-state index in [4.69, 9.17) is 0 Å². The lowest BCUT2D eigenvalue weighted by Gasteiger charge is -2.21. The van der Waals surface area contributed by atoms with E-state index in [0.29, 0.717) is 22.5 Å². The fraction of sp³-hybridized carbons (Fsp3) is 0.125. The Labute approximate surface area is 207 Å². The summed E-state index contributed by atoms with van der Waals surface area (Å²) in [4.78, 5) is 35.1. The first-order valence-electron chi connectivity index (χ1n) is 10.6. The van der Waals surface area contributed by atoms with Gasteiger partial charge in [0.15, 0.2) is 0 Å². The van der Waals surface area contributed by atoms with Crippen molar-refractivity contribution in [1.29, 1.82) is 0 Å². The van der Waals surface area contributed by atoms with Gasteiger partial charge in [0.1, 0.15) is 6.54 Å². The highest BCUT2D eigenvalue weighted by Crippen LogP contribution is 2.23. The lowest BCUT2D eigenvalue weighted by atomic mass is 10.1. The zero-order valence-electron chi connectivity index (χ0n) is 19.4. The van der Waals surface area contributed by atoms with E-state index in [9.17, 15) is 28.1 Å². The number of anilines is 2. The van der Waals surface area contributed by atoms with Crippen LogP contribution in [0.25, 0.3) is 0 Å². The molecule has 0 saturated carbocycles. The van der Waals surface area contributed by atoms with Gasteiger partial charge in [-0.1, -0.05) is 36.4 Å². The van der Waals surface area contributed by atoms with Crippen LogP contribution in [0.4, 0.5) is 17.1 Å². The van der Waals surface area contributed by atoms with Gasteiger partial charge in [-0.25, -0.2) is 13.8 Å². The molecule has 2 amide bonds. The van der Waals surface area contributed by atoms with E-state index in [1.165, 1.54) is 18.2 Å². The molecule has 0 unspecified atom stereocenters. The third kappa shape index (κ3) is 6.96. The molecule has 3 aromatic carbocycles. The van der Waals surface area contributed by atoms with Gasteiger partial charge in [-0.05, 0) is 42.8 Å². The van der Waals surface area contributed by atoms with Gasteiger partial charge >= 0.3 is 0 Å². The van der Waals surface area contributed by atoms with Crippen molar-refractivity contribution in [2.45, 2.75) is 6.92 Å². The summed E-state index contributed by atoms with van der Waals surface area (Å²) >= 11 is 0. The molecule has 36 heavy (non-hydrogen) atoms. The van der Waals surface area contributed by atoms with Crippen LogP contribution in [0.15, 0.2) is 84.0 Å². The molecule has 11 nitrogen and oxygen atoms in total. The summed E-state index contributed by atoms with van der Waals surface area (Å²) in [5, 5.41) is 17.8. The van der Waals surface area contributed by atoms with Crippen molar-refractivity contribution in [3.63, 3.8) is 0 Å². The molecule has 0 aliphatic rings. The van der Waals surface area contributed by atoms with Crippen molar-refractivity contribution in [2.24, 2.45) is 5.10 Å². The van der Waals surface area contributed by atoms with Crippen LogP contribution in [0.2, 0.25) is 0 Å². The van der Waals surface area contributed by atoms with E-state index in [2.05, 4.69) is 15.8 Å². The normalized spacial score (nSPS) is 11.4. The van der Waals surface area contributed by atoms with E-state index >= 15 is 0 Å². The molecule has 0 spiro atoms. The number of sulfonamides is 1. The molecular formula is C24H23N5O6S. The summed E-state index contributed by atoms with van der Waals surface area (Å²) in [5.41, 5.74) is 4.17. The molecule has 0 aromatic heterocycles. The monoisotopic (exact) mass is 509 g/mol. The minimum Gasteiger partial charge on any atom is -0.322 e. The summed E-state index contributed by atoms with van der Waals surface area (Å²) in [6.45, 7) is 1.02. The number of hydrazone groups is 1. The summed E-state index contributed by atoms with van der Waals surface area (Å²) < 4.78 is 25.2. The summed E-state index contributed by atoms with van der Waals surface area (Å²) in [5.74, 6) is -0.988. The molecule has 12 heteroatoms. The number of hydrogen-bond donors (Lipinski definition) is 2. The van der Waals surface area contributed by atoms with Crippen LogP contribution in [0.3, 0.4) is 0 Å². The zero-order valence-corrected chi connectivity index (χ0v) is 20.2. The van der Waals surface area contributed by atoms with Crippen molar-refractivity contribution in [2.75, 3.05) is 22.4 Å². The first-order valence-corrected chi connectivity index (χ1v) is 12.4. The van der Waals surface area contributed by atoms with Crippen LogP contribution in [0.5, 0.6) is 0 Å². The Kier molecular flexibility index (Phi) is 8.12. The SMILES string of the molecule is C/C(=N/NC(=O)CN(c1cccc([N+](=O)[O-])c1)S(C)(=O)=O)c1ccc(NC(=O)c2ccccc2)cc1. The van der Waals surface area contributed by atoms with Crippen molar-refractivity contribution in [3.8, 4) is 0 Å². The van der Waals surface area contributed by atoms with Gasteiger partial charge in [-0.3, -0.25) is 24.0 Å². The second kappa shape index (κ2) is 11.2. The first kappa shape index (κ1) is 26.0. The van der Waals surface area contributed by atoms with Crippen LogP contribution < -0.4 is 15.0 Å². The lowest BCUT2D eigenvalue weighted by molar-refractivity contribution is -0.384. The van der Waals surface area contributed by atoms with E-state index in [-0.39, 0.29) is 17.3 Å². The van der Waals surface area contributed by atoms with Crippen LogP contribution in [-0.2, 0) is 14.8 Å². The number of amides is 2. The van der Waals surface area contributed by atoms with Crippen LogP contribution >= 0.6 is 0 Å². The average molecular weight is 510 g/mol. The standard InChI is InChI=1S/C24H23N5O6S/c1-17(18-11-13-20(14-12-18)25-24(31)19-7-4-3-5-8-19)26-27-23(30)16-28(36(2,34)35)21-9-6-10-22(15-21)29(32)33/h3-15H,16H2,1-2H3,(H,25,31)(H,27,30)/b26-17-. The highest BCUT2D eigenvalue weighted by atomic mass is 32.2. The highest BCUT2D eigenvalue weighted by molar-refractivity contribution is 7.92. The number of nitro groups is 1. The first-order chi connectivity index (χ1) is 17.0. The number of carbonyl (C=O) groups is 2. The third-order valence-electron chi connectivity index (χ3n) is 4.96. The molecule has 0 aliphatic carbocycles. The van der Waals surface area contributed by atoms with Gasteiger partial charge in [0.25, 0.3) is 17.5 Å². The molecule has 0 atom stereocenters. The topological polar surface area (TPSA) is 151 Å². The van der Waals surface area contributed by atoms with Gasteiger partial charge < -0.3 is 5.32 Å². The molecule has 0 heterocycles. The maximum Gasteiger partial charge on any atom is 0.271 e. The van der Waals surface area contributed by atoms with Crippen molar-refractivity contribution >= 4 is 44.6 Å². The molecule has 0 bridgehead atoms. The third-order valence-corrected chi connectivity index (χ3v) is 6.10. The Morgan fingerprint density at radius 2 is 1.64 bits per heavy atom. The quantitative estimate of drug-likeness (QED) is 0.257. The average Bonchev–Trinajstić information content (AvgIpc) is 2.86. The van der Waals surface area contributed by atoms with E-state index in [1.54, 1.807) is 55.5 Å². The maximum atomic E-state index is 12.4. The minimum absolute atomic E-state index is 0.0179. The fourth-order valence-electron chi connectivity index (χ4n) is 3.13. The fourth-order valence-corrected chi connectivity index (χ4v) is 3.97. The maximum absolute atomic E-state index is 12.4. The van der Waals surface area contributed by atoms with E-state index in [1.807, 2.05) is 6.07 Å². The Hall–Kier alpha value is -4.58. The number of rotatable bonds is 9. The predicted molar refractivity (Wildman–Crippen MR) is 136 cm³/mol. The van der Waals surface area contributed by atoms with Gasteiger partial charge in [-0.2, -0.15) is 5.10 Å². The highest BCUT2D eigenvalue weighted by Gasteiger charge is 2.22. The number of carbonyl (C=O) groups excluding carboxylic acids is 2. The molecule has 3 aromatic rings. The molecule has 3 rings (SSSR count). The number of benzene rings is 3. The van der Waals surface area contributed by atoms with Crippen LogP contribution in [-0.4, -0.2) is 43.7 Å². The van der Waals surface area contributed by atoms with Crippen molar-refractivity contribution in [3.05, 3.63) is 100 Å². The molecular weight excluding hydrogens is 486 g/mol. The van der Waals surface area contributed by atoms with Gasteiger partial charge in [0.2, 0.25) is 10.0 Å². The summed E-state index contributed by atoms with van der Waals surface area (Å²) in [6, 6.07) is 20.5. The number of nitrogens with one attached hydrogen (secondary N) is 2. The summed E-state index contributed by atoms with van der Waals surface area (Å²) in [6.07, 6.45) is 0.895. The second-order valence-electron chi connectivity index (χ2n) is 7.68. The molecule has 0 saturated heterocycles. The smallest absolute Gasteiger partial charge is 0.271 e. The lowest BCUT2D eigenvalue weighted by Crippen LogP contribution is -2.39. The number of non-ortho nitro benzene ring substituents is 1. The van der Waals surface area contributed by atoms with Gasteiger partial charge in [0, 0.05) is 23.4 Å². The van der Waals surface area contributed by atoms with Crippen molar-refractivity contribution in [1.82, 2.24) is 5.43 Å². The summed E-state index contributed by atoms with van der Waals surface area (Å²) in [7, 11) is -3.91. The molecule has 0 radical (unpaired) electrons. The zero-order chi connectivity index (χ0) is 26.3. The minimum atomic E-state index is -3.91. The molecule has 2 N–H and O–H groups in total. The molecule has 0 fully saturated rings. The van der Waals surface area contributed by atoms with Crippen molar-refractivity contribution < 1.29 is 22.9 Å². The Balaban J connectivity index is 1.65. The van der Waals surface area contributed by atoms with Gasteiger partial charge in [-0.15, -0.1) is 0 Å². The molecule has 0 aliphatic heterocycles. The number of hydrogen-bond acceptors (Lipinski definition) is 7. The number of nitrogens with zero attached hydrogens (tertiary/aromatic N) is 3. The Bertz CT molecular complexity index is 1410. The second-order valence-corrected chi connectivity index (χ2v) is 9.58.